The number of aliphatic carboxylic acids is 1. The normalized spacial score (nSPS) is 17.0. The Morgan fingerprint density at radius 2 is 1.79 bits per heavy atom. The smallest absolute Gasteiger partial charge is 0.306 e. The number of para-hydroxylation sites is 1. The lowest BCUT2D eigenvalue weighted by atomic mass is 9.92. The van der Waals surface area contributed by atoms with Crippen molar-refractivity contribution in [2.75, 3.05) is 13.1 Å². The first-order chi connectivity index (χ1) is 14.2. The summed E-state index contributed by atoms with van der Waals surface area (Å²) < 4.78 is 1.27. The van der Waals surface area contributed by atoms with Crippen molar-refractivity contribution in [2.24, 2.45) is 5.92 Å². The number of piperidine rings is 1. The summed E-state index contributed by atoms with van der Waals surface area (Å²) in [6, 6.07) is 21.0. The summed E-state index contributed by atoms with van der Waals surface area (Å²) in [5, 5.41) is 14.0. The van der Waals surface area contributed by atoms with Gasteiger partial charge in [-0.2, -0.15) is 0 Å². The third kappa shape index (κ3) is 3.41. The second-order valence-corrected chi connectivity index (χ2v) is 8.58. The molecule has 2 aromatic heterocycles. The maximum atomic E-state index is 11.4. The van der Waals surface area contributed by atoms with E-state index in [1.54, 1.807) is 11.3 Å². The Bertz CT molecular complexity index is 1180. The van der Waals surface area contributed by atoms with Gasteiger partial charge in [0.1, 0.15) is 0 Å². The quantitative estimate of drug-likeness (QED) is 0.501. The lowest BCUT2D eigenvalue weighted by Gasteiger charge is -2.36. The number of aromatic nitrogens is 1. The number of carbonyl (C=O) groups is 1. The largest absolute Gasteiger partial charge is 0.481 e. The molecule has 3 heterocycles. The Kier molecular flexibility index (Phi) is 4.78. The van der Waals surface area contributed by atoms with Gasteiger partial charge in [0.05, 0.1) is 23.2 Å². The summed E-state index contributed by atoms with van der Waals surface area (Å²) in [5.74, 6) is -0.915. The summed E-state index contributed by atoms with van der Waals surface area (Å²) in [7, 11) is 0. The van der Waals surface area contributed by atoms with Crippen molar-refractivity contribution in [1.29, 1.82) is 0 Å². The van der Waals surface area contributed by atoms with E-state index in [-0.39, 0.29) is 12.0 Å². The van der Waals surface area contributed by atoms with Crippen LogP contribution in [0.1, 0.15) is 30.1 Å². The van der Waals surface area contributed by atoms with Gasteiger partial charge in [-0.3, -0.25) is 14.7 Å². The number of carboxylic acid groups (broad SMARTS) is 1. The molecule has 1 aliphatic rings. The summed E-state index contributed by atoms with van der Waals surface area (Å²) in [6.07, 6.45) is 1.36. The zero-order chi connectivity index (χ0) is 19.8. The molecule has 4 nitrogen and oxygen atoms in total. The van der Waals surface area contributed by atoms with Crippen LogP contribution >= 0.6 is 11.3 Å². The first kappa shape index (κ1) is 18.3. The topological polar surface area (TPSA) is 53.4 Å². The molecule has 1 N–H and O–H groups in total. The molecule has 1 saturated heterocycles. The molecule has 0 saturated carbocycles. The molecule has 2 aromatic carbocycles. The van der Waals surface area contributed by atoms with E-state index < -0.39 is 5.97 Å². The molecule has 1 fully saturated rings. The molecule has 1 unspecified atom stereocenters. The molecule has 1 aliphatic heterocycles. The molecular weight excluding hydrogens is 380 g/mol. The van der Waals surface area contributed by atoms with Crippen LogP contribution in [0.2, 0.25) is 0 Å². The Morgan fingerprint density at radius 1 is 1.03 bits per heavy atom. The fourth-order valence-corrected chi connectivity index (χ4v) is 5.37. The van der Waals surface area contributed by atoms with Gasteiger partial charge in [0, 0.05) is 10.1 Å². The summed E-state index contributed by atoms with van der Waals surface area (Å²) in [4.78, 5) is 18.8. The zero-order valence-corrected chi connectivity index (χ0v) is 16.8. The van der Waals surface area contributed by atoms with Gasteiger partial charge in [0.2, 0.25) is 0 Å². The second-order valence-electron chi connectivity index (χ2n) is 7.67. The molecule has 1 atom stereocenters. The van der Waals surface area contributed by atoms with Crippen molar-refractivity contribution in [3.8, 4) is 0 Å². The van der Waals surface area contributed by atoms with Crippen LogP contribution in [0.5, 0.6) is 0 Å². The predicted molar refractivity (Wildman–Crippen MR) is 117 cm³/mol. The third-order valence-corrected chi connectivity index (χ3v) is 6.93. The molecule has 29 heavy (non-hydrogen) atoms. The van der Waals surface area contributed by atoms with E-state index in [2.05, 4.69) is 58.8 Å². The Hall–Kier alpha value is -2.76. The molecule has 0 bridgehead atoms. The van der Waals surface area contributed by atoms with Gasteiger partial charge < -0.3 is 5.11 Å². The molecule has 146 valence electrons. The van der Waals surface area contributed by atoms with Crippen LogP contribution in [0.15, 0.2) is 66.0 Å². The molecule has 5 heteroatoms. The van der Waals surface area contributed by atoms with E-state index in [0.29, 0.717) is 12.8 Å². The van der Waals surface area contributed by atoms with Gasteiger partial charge in [0.15, 0.2) is 0 Å². The Balaban J connectivity index is 1.60. The summed E-state index contributed by atoms with van der Waals surface area (Å²) in [5.41, 5.74) is 3.29. The Labute approximate surface area is 173 Å². The number of thiophene rings is 1. The number of nitrogens with zero attached hydrogens (tertiary/aromatic N) is 2. The number of hydrogen-bond donors (Lipinski definition) is 1. The standard InChI is InChI=1S/C24H22N2O2S/c27-24(28)17-11-13-26(14-12-17)23(19-15-29-22-8-4-2-6-18(19)22)21-10-9-16-5-1-3-7-20(16)25-21/h1-10,15,17,23H,11-14H2,(H,27,28). The highest BCUT2D eigenvalue weighted by Gasteiger charge is 2.32. The van der Waals surface area contributed by atoms with Gasteiger partial charge in [-0.15, -0.1) is 11.3 Å². The van der Waals surface area contributed by atoms with Gasteiger partial charge in [0.25, 0.3) is 0 Å². The van der Waals surface area contributed by atoms with E-state index in [0.717, 1.165) is 29.7 Å². The molecule has 0 spiro atoms. The Morgan fingerprint density at radius 3 is 2.62 bits per heavy atom. The van der Waals surface area contributed by atoms with Crippen molar-refractivity contribution < 1.29 is 9.90 Å². The highest BCUT2D eigenvalue weighted by molar-refractivity contribution is 7.17. The maximum Gasteiger partial charge on any atom is 0.306 e. The van der Waals surface area contributed by atoms with E-state index in [1.165, 1.54) is 15.6 Å². The number of rotatable bonds is 4. The summed E-state index contributed by atoms with van der Waals surface area (Å²) >= 11 is 1.76. The maximum absolute atomic E-state index is 11.4. The lowest BCUT2D eigenvalue weighted by molar-refractivity contribution is -0.143. The molecule has 0 radical (unpaired) electrons. The minimum absolute atomic E-state index is 0.0329. The highest BCUT2D eigenvalue weighted by atomic mass is 32.1. The SMILES string of the molecule is O=C(O)C1CCN(C(c2ccc3ccccc3n2)c2csc3ccccc23)CC1. The van der Waals surface area contributed by atoms with Crippen LogP contribution in [-0.4, -0.2) is 34.0 Å². The van der Waals surface area contributed by atoms with Gasteiger partial charge in [-0.1, -0.05) is 42.5 Å². The average Bonchev–Trinajstić information content (AvgIpc) is 3.18. The number of benzene rings is 2. The molecule has 0 aliphatic carbocycles. The van der Waals surface area contributed by atoms with Gasteiger partial charge in [-0.25, -0.2) is 0 Å². The molecule has 4 aromatic rings. The number of hydrogen-bond acceptors (Lipinski definition) is 4. The fourth-order valence-electron chi connectivity index (χ4n) is 4.39. The first-order valence-electron chi connectivity index (χ1n) is 9.99. The van der Waals surface area contributed by atoms with Gasteiger partial charge in [-0.05, 0) is 60.5 Å². The zero-order valence-electron chi connectivity index (χ0n) is 16.0. The predicted octanol–water partition coefficient (Wildman–Crippen LogP) is 5.34. The van der Waals surface area contributed by atoms with E-state index in [9.17, 15) is 9.90 Å². The van der Waals surface area contributed by atoms with Crippen molar-refractivity contribution in [2.45, 2.75) is 18.9 Å². The van der Waals surface area contributed by atoms with Crippen molar-refractivity contribution in [3.05, 3.63) is 77.3 Å². The minimum Gasteiger partial charge on any atom is -0.481 e. The van der Waals surface area contributed by atoms with Crippen LogP contribution in [0, 0.1) is 5.92 Å². The third-order valence-electron chi connectivity index (χ3n) is 5.95. The van der Waals surface area contributed by atoms with E-state index in [1.807, 2.05) is 12.1 Å². The molecule has 0 amide bonds. The van der Waals surface area contributed by atoms with Crippen molar-refractivity contribution in [1.82, 2.24) is 9.88 Å². The van der Waals surface area contributed by atoms with Crippen LogP contribution in [0.3, 0.4) is 0 Å². The fraction of sp³-hybridized carbons (Fsp3) is 0.250. The minimum atomic E-state index is -0.675. The van der Waals surface area contributed by atoms with Gasteiger partial charge >= 0.3 is 5.97 Å². The van der Waals surface area contributed by atoms with Crippen LogP contribution in [-0.2, 0) is 4.79 Å². The van der Waals surface area contributed by atoms with E-state index in [4.69, 9.17) is 4.98 Å². The number of likely N-dealkylation sites (tertiary alicyclic amines) is 1. The average molecular weight is 403 g/mol. The summed E-state index contributed by atoms with van der Waals surface area (Å²) in [6.45, 7) is 1.53. The molecular formula is C24H22N2O2S. The van der Waals surface area contributed by atoms with Crippen molar-refractivity contribution in [3.63, 3.8) is 0 Å². The first-order valence-corrected chi connectivity index (χ1v) is 10.9. The number of pyridine rings is 1. The number of fused-ring (bicyclic) bond motifs is 2. The van der Waals surface area contributed by atoms with Crippen molar-refractivity contribution >= 4 is 38.3 Å². The number of carboxylic acids is 1. The monoisotopic (exact) mass is 402 g/mol. The second kappa shape index (κ2) is 7.58. The van der Waals surface area contributed by atoms with E-state index >= 15 is 0 Å². The van der Waals surface area contributed by atoms with Crippen LogP contribution in [0.4, 0.5) is 0 Å². The van der Waals surface area contributed by atoms with Crippen LogP contribution < -0.4 is 0 Å². The van der Waals surface area contributed by atoms with Crippen LogP contribution in [0.25, 0.3) is 21.0 Å². The molecule has 5 rings (SSSR count). The lowest BCUT2D eigenvalue weighted by Crippen LogP contribution is -2.39. The highest BCUT2D eigenvalue weighted by Crippen LogP contribution is 2.38.